The second-order valence-corrected chi connectivity index (χ2v) is 6.52. The van der Waals surface area contributed by atoms with Crippen LogP contribution in [0.2, 0.25) is 0 Å². The molecule has 3 aromatic rings. The van der Waals surface area contributed by atoms with Gasteiger partial charge in [-0.15, -0.1) is 0 Å². The standard InChI is InChI=1S/C18H22N6/c19-14-8-5-9-15(20)16(14)17-21-10-12-11-22-24(18(12)23-17)13-6-3-1-2-4-7-13/h5,8-11,13H,1-4,6-7,19-20H2. The minimum Gasteiger partial charge on any atom is -0.398 e. The van der Waals surface area contributed by atoms with Gasteiger partial charge in [-0.3, -0.25) is 0 Å². The van der Waals surface area contributed by atoms with Crippen LogP contribution in [0.25, 0.3) is 22.4 Å². The maximum Gasteiger partial charge on any atom is 0.165 e. The van der Waals surface area contributed by atoms with E-state index in [4.69, 9.17) is 16.5 Å². The van der Waals surface area contributed by atoms with Crippen LogP contribution in [-0.2, 0) is 0 Å². The number of fused-ring (bicyclic) bond motifs is 1. The number of anilines is 2. The van der Waals surface area contributed by atoms with E-state index in [1.54, 1.807) is 0 Å². The molecule has 0 unspecified atom stereocenters. The minimum absolute atomic E-state index is 0.415. The van der Waals surface area contributed by atoms with Crippen molar-refractivity contribution in [1.82, 2.24) is 19.7 Å². The molecule has 1 fully saturated rings. The quantitative estimate of drug-likeness (QED) is 0.555. The molecule has 2 aromatic heterocycles. The zero-order valence-electron chi connectivity index (χ0n) is 13.7. The molecule has 1 aliphatic rings. The first-order valence-electron chi connectivity index (χ1n) is 8.58. The van der Waals surface area contributed by atoms with Gasteiger partial charge in [-0.1, -0.05) is 31.7 Å². The smallest absolute Gasteiger partial charge is 0.165 e. The molecule has 24 heavy (non-hydrogen) atoms. The van der Waals surface area contributed by atoms with E-state index in [2.05, 4.69) is 14.8 Å². The normalized spacial score (nSPS) is 16.3. The van der Waals surface area contributed by atoms with Crippen molar-refractivity contribution in [3.63, 3.8) is 0 Å². The molecule has 0 amide bonds. The molecule has 6 heteroatoms. The topological polar surface area (TPSA) is 95.6 Å². The van der Waals surface area contributed by atoms with Gasteiger partial charge in [0, 0.05) is 17.6 Å². The van der Waals surface area contributed by atoms with Gasteiger partial charge >= 0.3 is 0 Å². The molecule has 6 nitrogen and oxygen atoms in total. The highest BCUT2D eigenvalue weighted by molar-refractivity contribution is 5.85. The zero-order valence-corrected chi connectivity index (χ0v) is 13.7. The number of hydrogen-bond acceptors (Lipinski definition) is 5. The summed E-state index contributed by atoms with van der Waals surface area (Å²) >= 11 is 0. The van der Waals surface area contributed by atoms with Crippen LogP contribution in [-0.4, -0.2) is 19.7 Å². The molecule has 2 heterocycles. The van der Waals surface area contributed by atoms with Gasteiger partial charge in [0.1, 0.15) is 0 Å². The first kappa shape index (κ1) is 14.9. The van der Waals surface area contributed by atoms with E-state index in [9.17, 15) is 0 Å². The van der Waals surface area contributed by atoms with Crippen LogP contribution in [0.1, 0.15) is 44.6 Å². The summed E-state index contributed by atoms with van der Waals surface area (Å²) in [6, 6.07) is 5.89. The van der Waals surface area contributed by atoms with Crippen molar-refractivity contribution in [1.29, 1.82) is 0 Å². The molecule has 0 radical (unpaired) electrons. The van der Waals surface area contributed by atoms with Gasteiger partial charge in [0.2, 0.25) is 0 Å². The highest BCUT2D eigenvalue weighted by Crippen LogP contribution is 2.32. The van der Waals surface area contributed by atoms with E-state index >= 15 is 0 Å². The van der Waals surface area contributed by atoms with Crippen molar-refractivity contribution in [2.24, 2.45) is 0 Å². The summed E-state index contributed by atoms with van der Waals surface area (Å²) in [5, 5.41) is 5.55. The Bertz CT molecular complexity index is 841. The predicted octanol–water partition coefficient (Wildman–Crippen LogP) is 3.55. The minimum atomic E-state index is 0.415. The number of aromatic nitrogens is 4. The molecule has 124 valence electrons. The summed E-state index contributed by atoms with van der Waals surface area (Å²) in [5.41, 5.74) is 14.9. The van der Waals surface area contributed by atoms with Gasteiger partial charge < -0.3 is 11.5 Å². The Morgan fingerprint density at radius 2 is 1.67 bits per heavy atom. The monoisotopic (exact) mass is 322 g/mol. The van der Waals surface area contributed by atoms with E-state index in [1.807, 2.05) is 30.6 Å². The van der Waals surface area contributed by atoms with E-state index in [1.165, 1.54) is 25.7 Å². The predicted molar refractivity (Wildman–Crippen MR) is 96.3 cm³/mol. The van der Waals surface area contributed by atoms with Crippen molar-refractivity contribution >= 4 is 22.4 Å². The van der Waals surface area contributed by atoms with Crippen molar-refractivity contribution in [3.8, 4) is 11.4 Å². The molecule has 0 bridgehead atoms. The van der Waals surface area contributed by atoms with Crippen LogP contribution in [0.15, 0.2) is 30.6 Å². The Kier molecular flexibility index (Phi) is 3.80. The molecule has 1 aromatic carbocycles. The second-order valence-electron chi connectivity index (χ2n) is 6.52. The summed E-state index contributed by atoms with van der Waals surface area (Å²) < 4.78 is 2.07. The molecule has 0 aliphatic heterocycles. The van der Waals surface area contributed by atoms with Gasteiger partial charge in [0.05, 0.1) is 23.2 Å². The van der Waals surface area contributed by atoms with E-state index < -0.39 is 0 Å². The molecule has 4 rings (SSSR count). The molecular weight excluding hydrogens is 300 g/mol. The van der Waals surface area contributed by atoms with Crippen molar-refractivity contribution in [2.45, 2.75) is 44.6 Å². The third-order valence-corrected chi connectivity index (χ3v) is 4.86. The van der Waals surface area contributed by atoms with Gasteiger partial charge in [0.25, 0.3) is 0 Å². The summed E-state index contributed by atoms with van der Waals surface area (Å²) in [7, 11) is 0. The van der Waals surface area contributed by atoms with Crippen LogP contribution in [0.5, 0.6) is 0 Å². The lowest BCUT2D eigenvalue weighted by Gasteiger charge is -2.15. The molecular formula is C18H22N6. The van der Waals surface area contributed by atoms with E-state index in [-0.39, 0.29) is 0 Å². The number of nitrogens with two attached hydrogens (primary N) is 2. The van der Waals surface area contributed by atoms with Gasteiger partial charge in [0.15, 0.2) is 11.5 Å². The lowest BCUT2D eigenvalue weighted by atomic mass is 10.1. The maximum absolute atomic E-state index is 6.09. The Hall–Kier alpha value is -2.63. The fraction of sp³-hybridized carbons (Fsp3) is 0.389. The summed E-state index contributed by atoms with van der Waals surface area (Å²) in [6.45, 7) is 0. The molecule has 1 aliphatic carbocycles. The van der Waals surface area contributed by atoms with Gasteiger partial charge in [-0.05, 0) is 25.0 Å². The van der Waals surface area contributed by atoms with Crippen molar-refractivity contribution < 1.29 is 0 Å². The first-order chi connectivity index (χ1) is 11.7. The first-order valence-corrected chi connectivity index (χ1v) is 8.58. The Morgan fingerprint density at radius 1 is 0.958 bits per heavy atom. The van der Waals surface area contributed by atoms with Gasteiger partial charge in [-0.25, -0.2) is 14.6 Å². The number of nitrogens with zero attached hydrogens (tertiary/aromatic N) is 4. The highest BCUT2D eigenvalue weighted by Gasteiger charge is 2.19. The van der Waals surface area contributed by atoms with Crippen LogP contribution >= 0.6 is 0 Å². The Labute approximate surface area is 140 Å². The fourth-order valence-electron chi connectivity index (χ4n) is 3.57. The highest BCUT2D eigenvalue weighted by atomic mass is 15.3. The number of hydrogen-bond donors (Lipinski definition) is 2. The maximum atomic E-state index is 6.09. The molecule has 1 saturated carbocycles. The second kappa shape index (κ2) is 6.11. The Morgan fingerprint density at radius 3 is 2.38 bits per heavy atom. The average molecular weight is 322 g/mol. The van der Waals surface area contributed by atoms with Crippen LogP contribution in [0.4, 0.5) is 11.4 Å². The summed E-state index contributed by atoms with van der Waals surface area (Å²) in [6.07, 6.45) is 11.1. The SMILES string of the molecule is Nc1cccc(N)c1-c1ncc2cnn(C3CCCCCC3)c2n1. The lowest BCUT2D eigenvalue weighted by Crippen LogP contribution is -2.11. The van der Waals surface area contributed by atoms with Crippen LogP contribution < -0.4 is 11.5 Å². The molecule has 4 N–H and O–H groups in total. The Balaban J connectivity index is 1.81. The third kappa shape index (κ3) is 2.58. The van der Waals surface area contributed by atoms with Crippen LogP contribution in [0, 0.1) is 0 Å². The summed E-state index contributed by atoms with van der Waals surface area (Å²) in [5.74, 6) is 0.563. The number of benzene rings is 1. The van der Waals surface area contributed by atoms with Crippen LogP contribution in [0.3, 0.4) is 0 Å². The molecule has 0 saturated heterocycles. The number of nitrogen functional groups attached to an aromatic ring is 2. The largest absolute Gasteiger partial charge is 0.398 e. The van der Waals surface area contributed by atoms with Crippen molar-refractivity contribution in [3.05, 3.63) is 30.6 Å². The molecule has 0 atom stereocenters. The fourth-order valence-corrected chi connectivity index (χ4v) is 3.57. The summed E-state index contributed by atoms with van der Waals surface area (Å²) in [4.78, 5) is 9.21. The van der Waals surface area contributed by atoms with Gasteiger partial charge in [-0.2, -0.15) is 5.10 Å². The zero-order chi connectivity index (χ0) is 16.5. The van der Waals surface area contributed by atoms with E-state index in [0.29, 0.717) is 28.8 Å². The van der Waals surface area contributed by atoms with E-state index in [0.717, 1.165) is 23.9 Å². The van der Waals surface area contributed by atoms with Crippen molar-refractivity contribution in [2.75, 3.05) is 11.5 Å². The molecule has 0 spiro atoms. The lowest BCUT2D eigenvalue weighted by molar-refractivity contribution is 0.415. The third-order valence-electron chi connectivity index (χ3n) is 4.86. The average Bonchev–Trinajstić information content (AvgIpc) is 2.80. The number of rotatable bonds is 2.